The molecule has 0 aliphatic rings. The Hall–Kier alpha value is -2.54. The van der Waals surface area contributed by atoms with Gasteiger partial charge in [0, 0.05) is 17.7 Å². The molecule has 130 valence electrons. The zero-order valence-corrected chi connectivity index (χ0v) is 14.8. The summed E-state index contributed by atoms with van der Waals surface area (Å²) in [5, 5.41) is 0. The first-order chi connectivity index (χ1) is 11.3. The SMILES string of the molecule is COc1cc(C(C)C)c(Oc2cnc(N)nc2N)cc1CN(C)C. The van der Waals surface area contributed by atoms with E-state index in [-0.39, 0.29) is 17.7 Å². The highest BCUT2D eigenvalue weighted by Gasteiger charge is 2.17. The van der Waals surface area contributed by atoms with Crippen molar-refractivity contribution in [1.82, 2.24) is 14.9 Å². The van der Waals surface area contributed by atoms with Crippen LogP contribution in [0.5, 0.6) is 17.2 Å². The summed E-state index contributed by atoms with van der Waals surface area (Å²) in [5.41, 5.74) is 13.5. The maximum absolute atomic E-state index is 6.00. The minimum atomic E-state index is 0.118. The Kier molecular flexibility index (Phi) is 5.46. The lowest BCUT2D eigenvalue weighted by atomic mass is 9.99. The molecule has 1 aromatic heterocycles. The number of nitrogen functional groups attached to an aromatic ring is 2. The summed E-state index contributed by atoms with van der Waals surface area (Å²) in [6.45, 7) is 4.91. The third-order valence-electron chi connectivity index (χ3n) is 3.54. The number of rotatable bonds is 6. The van der Waals surface area contributed by atoms with Crippen molar-refractivity contribution in [3.05, 3.63) is 29.5 Å². The Bertz CT molecular complexity index is 716. The van der Waals surface area contributed by atoms with E-state index in [0.717, 1.165) is 23.4 Å². The van der Waals surface area contributed by atoms with Crippen LogP contribution in [0.25, 0.3) is 0 Å². The first-order valence-corrected chi connectivity index (χ1v) is 7.73. The second-order valence-electron chi connectivity index (χ2n) is 6.17. The zero-order chi connectivity index (χ0) is 17.9. The van der Waals surface area contributed by atoms with Gasteiger partial charge < -0.3 is 25.8 Å². The van der Waals surface area contributed by atoms with E-state index in [9.17, 15) is 0 Å². The quantitative estimate of drug-likeness (QED) is 0.839. The van der Waals surface area contributed by atoms with Gasteiger partial charge in [0.2, 0.25) is 5.95 Å². The Balaban J connectivity index is 2.49. The van der Waals surface area contributed by atoms with Crippen molar-refractivity contribution >= 4 is 11.8 Å². The zero-order valence-electron chi connectivity index (χ0n) is 14.8. The molecule has 0 radical (unpaired) electrons. The number of anilines is 2. The van der Waals surface area contributed by atoms with Crippen LogP contribution in [0.2, 0.25) is 0 Å². The number of hydrogen-bond acceptors (Lipinski definition) is 7. The summed E-state index contributed by atoms with van der Waals surface area (Å²) in [5.74, 6) is 2.50. The molecule has 0 aliphatic carbocycles. The van der Waals surface area contributed by atoms with Crippen LogP contribution >= 0.6 is 0 Å². The van der Waals surface area contributed by atoms with Crippen LogP contribution in [0, 0.1) is 0 Å². The molecule has 0 saturated carbocycles. The molecule has 2 aromatic rings. The molecule has 1 heterocycles. The largest absolute Gasteiger partial charge is 0.496 e. The van der Waals surface area contributed by atoms with Crippen LogP contribution in [0.3, 0.4) is 0 Å². The normalized spacial score (nSPS) is 11.1. The van der Waals surface area contributed by atoms with Gasteiger partial charge in [0.25, 0.3) is 0 Å². The van der Waals surface area contributed by atoms with Crippen molar-refractivity contribution in [3.8, 4) is 17.2 Å². The number of methoxy groups -OCH3 is 1. The molecular weight excluding hydrogens is 306 g/mol. The van der Waals surface area contributed by atoms with Gasteiger partial charge in [-0.2, -0.15) is 4.98 Å². The molecule has 0 bridgehead atoms. The van der Waals surface area contributed by atoms with E-state index in [0.29, 0.717) is 11.5 Å². The van der Waals surface area contributed by atoms with Crippen molar-refractivity contribution in [2.24, 2.45) is 0 Å². The minimum absolute atomic E-state index is 0.118. The molecule has 24 heavy (non-hydrogen) atoms. The predicted molar refractivity (Wildman–Crippen MR) is 95.4 cm³/mol. The number of aromatic nitrogens is 2. The monoisotopic (exact) mass is 331 g/mol. The molecule has 1 aromatic carbocycles. The van der Waals surface area contributed by atoms with E-state index in [4.69, 9.17) is 20.9 Å². The third-order valence-corrected chi connectivity index (χ3v) is 3.54. The van der Waals surface area contributed by atoms with E-state index in [1.165, 1.54) is 6.20 Å². The molecule has 2 rings (SSSR count). The third kappa shape index (κ3) is 4.05. The Morgan fingerprint density at radius 3 is 2.38 bits per heavy atom. The molecule has 0 fully saturated rings. The van der Waals surface area contributed by atoms with Crippen molar-refractivity contribution in [2.45, 2.75) is 26.3 Å². The van der Waals surface area contributed by atoms with Gasteiger partial charge in [-0.1, -0.05) is 13.8 Å². The van der Waals surface area contributed by atoms with Gasteiger partial charge in [0.05, 0.1) is 13.3 Å². The molecule has 0 saturated heterocycles. The predicted octanol–water partition coefficient (Wildman–Crippen LogP) is 2.63. The van der Waals surface area contributed by atoms with Crippen LogP contribution in [-0.2, 0) is 6.54 Å². The molecule has 0 unspecified atom stereocenters. The summed E-state index contributed by atoms with van der Waals surface area (Å²) >= 11 is 0. The van der Waals surface area contributed by atoms with Gasteiger partial charge in [0.15, 0.2) is 11.6 Å². The van der Waals surface area contributed by atoms with Gasteiger partial charge in [0.1, 0.15) is 11.5 Å². The van der Waals surface area contributed by atoms with E-state index in [2.05, 4.69) is 28.7 Å². The molecule has 0 atom stereocenters. The first kappa shape index (κ1) is 17.8. The summed E-state index contributed by atoms with van der Waals surface area (Å²) in [4.78, 5) is 9.95. The van der Waals surface area contributed by atoms with Crippen LogP contribution in [-0.4, -0.2) is 36.1 Å². The number of nitrogens with zero attached hydrogens (tertiary/aromatic N) is 3. The van der Waals surface area contributed by atoms with E-state index in [1.54, 1.807) is 7.11 Å². The highest BCUT2D eigenvalue weighted by atomic mass is 16.5. The number of hydrogen-bond donors (Lipinski definition) is 2. The standard InChI is InChI=1S/C17H25N5O2/c1-10(2)12-7-13(23-5)11(9-22(3)4)6-14(12)24-15-8-20-17(19)21-16(15)18/h6-8,10H,9H2,1-5H3,(H4,18,19,20,21). The summed E-state index contributed by atoms with van der Waals surface area (Å²) in [6, 6.07) is 3.98. The van der Waals surface area contributed by atoms with Gasteiger partial charge in [-0.15, -0.1) is 0 Å². The van der Waals surface area contributed by atoms with Gasteiger partial charge >= 0.3 is 0 Å². The second-order valence-corrected chi connectivity index (χ2v) is 6.17. The fraction of sp³-hybridized carbons (Fsp3) is 0.412. The fourth-order valence-electron chi connectivity index (χ4n) is 2.41. The van der Waals surface area contributed by atoms with Gasteiger partial charge in [-0.3, -0.25) is 0 Å². The van der Waals surface area contributed by atoms with Crippen molar-refractivity contribution in [1.29, 1.82) is 0 Å². The Morgan fingerprint density at radius 2 is 1.83 bits per heavy atom. The lowest BCUT2D eigenvalue weighted by molar-refractivity contribution is 0.368. The molecule has 7 nitrogen and oxygen atoms in total. The molecule has 0 spiro atoms. The highest BCUT2D eigenvalue weighted by molar-refractivity contribution is 5.53. The highest BCUT2D eigenvalue weighted by Crippen LogP contribution is 2.37. The fourth-order valence-corrected chi connectivity index (χ4v) is 2.41. The first-order valence-electron chi connectivity index (χ1n) is 7.73. The average molecular weight is 331 g/mol. The summed E-state index contributed by atoms with van der Waals surface area (Å²) in [7, 11) is 5.68. The van der Waals surface area contributed by atoms with E-state index < -0.39 is 0 Å². The minimum Gasteiger partial charge on any atom is -0.496 e. The van der Waals surface area contributed by atoms with Crippen LogP contribution < -0.4 is 20.9 Å². The summed E-state index contributed by atoms with van der Waals surface area (Å²) < 4.78 is 11.5. The second kappa shape index (κ2) is 7.35. The van der Waals surface area contributed by atoms with Gasteiger partial charge in [-0.05, 0) is 32.1 Å². The summed E-state index contributed by atoms with van der Waals surface area (Å²) in [6.07, 6.45) is 1.48. The maximum Gasteiger partial charge on any atom is 0.222 e. The lowest BCUT2D eigenvalue weighted by Gasteiger charge is -2.20. The van der Waals surface area contributed by atoms with Gasteiger partial charge in [-0.25, -0.2) is 4.98 Å². The van der Waals surface area contributed by atoms with E-state index in [1.807, 2.05) is 26.2 Å². The smallest absolute Gasteiger partial charge is 0.222 e. The Labute approximate surface area is 142 Å². The molecular formula is C17H25N5O2. The molecule has 0 aliphatic heterocycles. The van der Waals surface area contributed by atoms with Crippen LogP contribution in [0.15, 0.2) is 18.3 Å². The number of benzene rings is 1. The van der Waals surface area contributed by atoms with Crippen LogP contribution in [0.1, 0.15) is 30.9 Å². The van der Waals surface area contributed by atoms with Crippen molar-refractivity contribution in [3.63, 3.8) is 0 Å². The number of nitrogens with two attached hydrogens (primary N) is 2. The lowest BCUT2D eigenvalue weighted by Crippen LogP contribution is -2.12. The molecule has 0 amide bonds. The molecule has 4 N–H and O–H groups in total. The average Bonchev–Trinajstić information content (AvgIpc) is 2.49. The number of ether oxygens (including phenoxy) is 2. The Morgan fingerprint density at radius 1 is 1.12 bits per heavy atom. The maximum atomic E-state index is 6.00. The van der Waals surface area contributed by atoms with E-state index >= 15 is 0 Å². The molecule has 7 heteroatoms. The van der Waals surface area contributed by atoms with Crippen molar-refractivity contribution < 1.29 is 9.47 Å². The van der Waals surface area contributed by atoms with Crippen molar-refractivity contribution in [2.75, 3.05) is 32.7 Å². The van der Waals surface area contributed by atoms with Crippen LogP contribution in [0.4, 0.5) is 11.8 Å². The topological polar surface area (TPSA) is 99.5 Å².